The third kappa shape index (κ3) is 3.68. The zero-order valence-corrected chi connectivity index (χ0v) is 12.9. The van der Waals surface area contributed by atoms with Crippen LogP contribution in [0.5, 0.6) is 0 Å². The van der Waals surface area contributed by atoms with E-state index in [1.54, 1.807) is 13.0 Å². The monoisotopic (exact) mass is 309 g/mol. The maximum atomic E-state index is 12.0. The molecule has 20 heavy (non-hydrogen) atoms. The van der Waals surface area contributed by atoms with Crippen LogP contribution in [0.2, 0.25) is 0 Å². The third-order valence-electron chi connectivity index (χ3n) is 2.52. The molecule has 0 aliphatic rings. The lowest BCUT2D eigenvalue weighted by molar-refractivity contribution is -0.115. The van der Waals surface area contributed by atoms with Gasteiger partial charge in [-0.05, 0) is 31.4 Å². The quantitative estimate of drug-likeness (QED) is 0.860. The van der Waals surface area contributed by atoms with Crippen LogP contribution in [0.3, 0.4) is 0 Å². The highest BCUT2D eigenvalue weighted by atomic mass is 32.1. The summed E-state index contributed by atoms with van der Waals surface area (Å²) in [6.07, 6.45) is 0.316. The second kappa shape index (κ2) is 6.67. The molecule has 0 fully saturated rings. The second-order valence-corrected chi connectivity index (χ2v) is 6.41. The molecule has 6 heteroatoms. The fourth-order valence-corrected chi connectivity index (χ4v) is 3.33. The molecule has 2 rings (SSSR count). The minimum Gasteiger partial charge on any atom is -0.462 e. The Labute approximate surface area is 125 Å². The first-order chi connectivity index (χ1) is 9.60. The number of hydrogen-bond acceptors (Lipinski definition) is 5. The van der Waals surface area contributed by atoms with Crippen molar-refractivity contribution in [3.63, 3.8) is 0 Å². The Morgan fingerprint density at radius 2 is 2.20 bits per heavy atom. The smallest absolute Gasteiger partial charge is 0.341 e. The SMILES string of the molecule is CCOC(=O)c1cc(C)sc1NC(=O)Cc1cccs1. The molecule has 0 saturated carbocycles. The molecule has 0 bridgehead atoms. The summed E-state index contributed by atoms with van der Waals surface area (Å²) in [5.74, 6) is -0.525. The highest BCUT2D eigenvalue weighted by Gasteiger charge is 2.18. The molecule has 0 radical (unpaired) electrons. The lowest BCUT2D eigenvalue weighted by atomic mass is 10.3. The van der Waals surface area contributed by atoms with E-state index >= 15 is 0 Å². The van der Waals surface area contributed by atoms with Gasteiger partial charge in [0.05, 0.1) is 18.6 Å². The number of thiophene rings is 2. The number of rotatable bonds is 5. The molecule has 4 nitrogen and oxygen atoms in total. The van der Waals surface area contributed by atoms with Gasteiger partial charge in [0, 0.05) is 9.75 Å². The molecule has 2 heterocycles. The number of carbonyl (C=O) groups excluding carboxylic acids is 2. The van der Waals surface area contributed by atoms with Crippen molar-refractivity contribution >= 4 is 39.6 Å². The first-order valence-electron chi connectivity index (χ1n) is 6.20. The van der Waals surface area contributed by atoms with Gasteiger partial charge in [0.2, 0.25) is 5.91 Å². The van der Waals surface area contributed by atoms with E-state index in [2.05, 4.69) is 5.32 Å². The van der Waals surface area contributed by atoms with Crippen molar-refractivity contribution in [2.45, 2.75) is 20.3 Å². The molecule has 0 spiro atoms. The maximum absolute atomic E-state index is 12.0. The molecule has 0 atom stereocenters. The highest BCUT2D eigenvalue weighted by molar-refractivity contribution is 7.16. The molecule has 0 unspecified atom stereocenters. The van der Waals surface area contributed by atoms with E-state index in [9.17, 15) is 9.59 Å². The molecule has 2 aromatic rings. The first-order valence-corrected chi connectivity index (χ1v) is 7.89. The van der Waals surface area contributed by atoms with Gasteiger partial charge in [-0.1, -0.05) is 6.07 Å². The number of anilines is 1. The minimum absolute atomic E-state index is 0.125. The van der Waals surface area contributed by atoms with E-state index in [4.69, 9.17) is 4.74 Å². The molecule has 2 aromatic heterocycles. The lowest BCUT2D eigenvalue weighted by Gasteiger charge is -2.05. The van der Waals surface area contributed by atoms with Crippen LogP contribution in [0.4, 0.5) is 5.00 Å². The average molecular weight is 309 g/mol. The lowest BCUT2D eigenvalue weighted by Crippen LogP contribution is -2.15. The van der Waals surface area contributed by atoms with Crippen LogP contribution in [-0.2, 0) is 16.0 Å². The summed E-state index contributed by atoms with van der Waals surface area (Å²) in [5.41, 5.74) is 0.425. The second-order valence-electron chi connectivity index (χ2n) is 4.12. The van der Waals surface area contributed by atoms with E-state index in [-0.39, 0.29) is 5.91 Å². The van der Waals surface area contributed by atoms with Gasteiger partial charge in [-0.2, -0.15) is 0 Å². The van der Waals surface area contributed by atoms with E-state index in [0.29, 0.717) is 23.6 Å². The molecular weight excluding hydrogens is 294 g/mol. The van der Waals surface area contributed by atoms with E-state index in [1.807, 2.05) is 24.4 Å². The zero-order valence-electron chi connectivity index (χ0n) is 11.3. The third-order valence-corrected chi connectivity index (χ3v) is 4.36. The van der Waals surface area contributed by atoms with E-state index < -0.39 is 5.97 Å². The Balaban J connectivity index is 2.08. The topological polar surface area (TPSA) is 55.4 Å². The summed E-state index contributed by atoms with van der Waals surface area (Å²) in [6, 6.07) is 5.56. The van der Waals surface area contributed by atoms with Crippen molar-refractivity contribution in [1.29, 1.82) is 0 Å². The van der Waals surface area contributed by atoms with Gasteiger partial charge in [0.1, 0.15) is 5.00 Å². The summed E-state index contributed by atoms with van der Waals surface area (Å²) in [7, 11) is 0. The molecule has 106 valence electrons. The summed E-state index contributed by atoms with van der Waals surface area (Å²) in [4.78, 5) is 25.7. The number of ether oxygens (including phenoxy) is 1. The Morgan fingerprint density at radius 3 is 2.85 bits per heavy atom. The molecule has 1 amide bonds. The van der Waals surface area contributed by atoms with Gasteiger partial charge < -0.3 is 10.1 Å². The van der Waals surface area contributed by atoms with Gasteiger partial charge in [0.15, 0.2) is 0 Å². The normalized spacial score (nSPS) is 10.3. The molecule has 1 N–H and O–H groups in total. The molecule has 0 aromatic carbocycles. The van der Waals surface area contributed by atoms with Crippen LogP contribution in [0.15, 0.2) is 23.6 Å². The summed E-state index contributed by atoms with van der Waals surface area (Å²) in [5, 5.41) is 5.28. The fourth-order valence-electron chi connectivity index (χ4n) is 1.71. The Hall–Kier alpha value is -1.66. The molecule has 0 aliphatic heterocycles. The largest absolute Gasteiger partial charge is 0.462 e. The number of nitrogens with one attached hydrogen (secondary N) is 1. The molecular formula is C14H15NO3S2. The maximum Gasteiger partial charge on any atom is 0.341 e. The van der Waals surface area contributed by atoms with Gasteiger partial charge >= 0.3 is 5.97 Å². The van der Waals surface area contributed by atoms with Crippen molar-refractivity contribution in [3.8, 4) is 0 Å². The Bertz CT molecular complexity index is 602. The van der Waals surface area contributed by atoms with Crippen molar-refractivity contribution in [2.24, 2.45) is 0 Å². The Morgan fingerprint density at radius 1 is 1.40 bits per heavy atom. The zero-order chi connectivity index (χ0) is 14.5. The van der Waals surface area contributed by atoms with E-state index in [0.717, 1.165) is 9.75 Å². The molecule has 0 aliphatic carbocycles. The number of aryl methyl sites for hydroxylation is 1. The predicted molar refractivity (Wildman–Crippen MR) is 81.7 cm³/mol. The van der Waals surface area contributed by atoms with Crippen LogP contribution in [0.25, 0.3) is 0 Å². The van der Waals surface area contributed by atoms with Crippen LogP contribution >= 0.6 is 22.7 Å². The van der Waals surface area contributed by atoms with Gasteiger partial charge in [0.25, 0.3) is 0 Å². The highest BCUT2D eigenvalue weighted by Crippen LogP contribution is 2.28. The minimum atomic E-state index is -0.400. The fraction of sp³-hybridized carbons (Fsp3) is 0.286. The van der Waals surface area contributed by atoms with Gasteiger partial charge in [-0.25, -0.2) is 4.79 Å². The van der Waals surface area contributed by atoms with Crippen LogP contribution < -0.4 is 5.32 Å². The number of hydrogen-bond donors (Lipinski definition) is 1. The van der Waals surface area contributed by atoms with Crippen LogP contribution in [0.1, 0.15) is 27.0 Å². The van der Waals surface area contributed by atoms with Crippen molar-refractivity contribution < 1.29 is 14.3 Å². The summed E-state index contributed by atoms with van der Waals surface area (Å²) in [6.45, 7) is 3.96. The standard InChI is InChI=1S/C14H15NO3S2/c1-3-18-14(17)11-7-9(2)20-13(11)15-12(16)8-10-5-4-6-19-10/h4-7H,3,8H2,1-2H3,(H,15,16). The van der Waals surface area contributed by atoms with Crippen LogP contribution in [-0.4, -0.2) is 18.5 Å². The number of carbonyl (C=O) groups is 2. The first kappa shape index (κ1) is 14.7. The summed E-state index contributed by atoms with van der Waals surface area (Å²) >= 11 is 2.92. The number of esters is 1. The Kier molecular flexibility index (Phi) is 4.92. The van der Waals surface area contributed by atoms with Crippen molar-refractivity contribution in [2.75, 3.05) is 11.9 Å². The average Bonchev–Trinajstić information content (AvgIpc) is 2.99. The summed E-state index contributed by atoms with van der Waals surface area (Å²) < 4.78 is 4.99. The van der Waals surface area contributed by atoms with Crippen LogP contribution in [0, 0.1) is 6.92 Å². The van der Waals surface area contributed by atoms with E-state index in [1.165, 1.54) is 22.7 Å². The molecule has 0 saturated heterocycles. The number of amides is 1. The van der Waals surface area contributed by atoms with Gasteiger partial charge in [-0.3, -0.25) is 4.79 Å². The van der Waals surface area contributed by atoms with Crippen molar-refractivity contribution in [3.05, 3.63) is 38.9 Å². The predicted octanol–water partition coefficient (Wildman–Crippen LogP) is 3.48. The van der Waals surface area contributed by atoms with Crippen molar-refractivity contribution in [1.82, 2.24) is 0 Å². The van der Waals surface area contributed by atoms with Gasteiger partial charge in [-0.15, -0.1) is 22.7 Å².